The third kappa shape index (κ3) is 3.78. The van der Waals surface area contributed by atoms with Crippen LogP contribution in [0.2, 0.25) is 0 Å². The van der Waals surface area contributed by atoms with Crippen LogP contribution in [0.3, 0.4) is 0 Å². The quantitative estimate of drug-likeness (QED) is 0.470. The van der Waals surface area contributed by atoms with Crippen LogP contribution in [-0.2, 0) is 0 Å². The Morgan fingerprint density at radius 1 is 1.00 bits per heavy atom. The van der Waals surface area contributed by atoms with Gasteiger partial charge in [-0.15, -0.1) is 10.2 Å². The highest BCUT2D eigenvalue weighted by atomic mass is 16.5. The molecule has 3 aromatic heterocycles. The number of ether oxygens (including phenoxy) is 1. The Morgan fingerprint density at radius 2 is 1.86 bits per heavy atom. The summed E-state index contributed by atoms with van der Waals surface area (Å²) in [6.07, 6.45) is 8.50. The minimum Gasteiger partial charge on any atom is -0.494 e. The molecule has 0 atom stereocenters. The lowest BCUT2D eigenvalue weighted by atomic mass is 10.1. The number of aromatic nitrogens is 5. The van der Waals surface area contributed by atoms with E-state index in [0.717, 1.165) is 47.5 Å². The van der Waals surface area contributed by atoms with E-state index in [0.29, 0.717) is 5.65 Å². The lowest BCUT2D eigenvalue weighted by molar-refractivity contribution is 0.205. The average molecular weight is 388 g/mol. The Bertz CT molecular complexity index is 1100. The summed E-state index contributed by atoms with van der Waals surface area (Å²) in [5, 5.41) is 13.7. The zero-order chi connectivity index (χ0) is 19.5. The second-order valence-electron chi connectivity index (χ2n) is 7.48. The zero-order valence-corrected chi connectivity index (χ0v) is 16.4. The fraction of sp³-hybridized carbons (Fsp3) is 0.364. The van der Waals surface area contributed by atoms with Crippen molar-refractivity contribution in [1.29, 1.82) is 0 Å². The summed E-state index contributed by atoms with van der Waals surface area (Å²) in [6, 6.07) is 12.0. The van der Waals surface area contributed by atoms with E-state index < -0.39 is 0 Å². The van der Waals surface area contributed by atoms with Crippen LogP contribution in [-0.4, -0.2) is 55.9 Å². The van der Waals surface area contributed by atoms with Crippen molar-refractivity contribution in [1.82, 2.24) is 29.7 Å². The molecule has 7 nitrogen and oxygen atoms in total. The van der Waals surface area contributed by atoms with E-state index in [9.17, 15) is 0 Å². The Morgan fingerprint density at radius 3 is 2.72 bits per heavy atom. The van der Waals surface area contributed by atoms with E-state index in [1.807, 2.05) is 36.4 Å². The average Bonchev–Trinajstić information content (AvgIpc) is 3.26. The number of fused-ring (bicyclic) bond motifs is 3. The number of rotatable bonds is 6. The van der Waals surface area contributed by atoms with Crippen molar-refractivity contribution in [3.8, 4) is 17.0 Å². The molecule has 0 aliphatic carbocycles. The maximum absolute atomic E-state index is 5.95. The first kappa shape index (κ1) is 18.0. The van der Waals surface area contributed by atoms with Crippen molar-refractivity contribution in [3.63, 3.8) is 0 Å². The molecule has 0 spiro atoms. The Labute approximate surface area is 169 Å². The van der Waals surface area contributed by atoms with E-state index in [-0.39, 0.29) is 0 Å². The maximum atomic E-state index is 5.95. The first-order chi connectivity index (χ1) is 14.4. The lowest BCUT2D eigenvalue weighted by Crippen LogP contribution is -2.31. The molecule has 0 bridgehead atoms. The molecule has 29 heavy (non-hydrogen) atoms. The van der Waals surface area contributed by atoms with E-state index in [1.54, 1.807) is 17.0 Å². The number of hydrogen-bond donors (Lipinski definition) is 0. The highest BCUT2D eigenvalue weighted by Gasteiger charge is 2.13. The molecule has 0 radical (unpaired) electrons. The van der Waals surface area contributed by atoms with E-state index in [1.165, 1.54) is 32.4 Å². The normalized spacial score (nSPS) is 15.2. The van der Waals surface area contributed by atoms with Crippen LogP contribution in [0.4, 0.5) is 0 Å². The molecule has 1 aromatic carbocycles. The van der Waals surface area contributed by atoms with Crippen LogP contribution in [0, 0.1) is 0 Å². The van der Waals surface area contributed by atoms with Crippen molar-refractivity contribution >= 4 is 16.6 Å². The van der Waals surface area contributed by atoms with Crippen molar-refractivity contribution < 1.29 is 4.74 Å². The van der Waals surface area contributed by atoms with Crippen molar-refractivity contribution in [2.24, 2.45) is 0 Å². The van der Waals surface area contributed by atoms with Crippen molar-refractivity contribution in [3.05, 3.63) is 48.9 Å². The lowest BCUT2D eigenvalue weighted by Gasteiger charge is -2.26. The summed E-state index contributed by atoms with van der Waals surface area (Å²) in [4.78, 5) is 7.08. The van der Waals surface area contributed by atoms with Crippen LogP contribution >= 0.6 is 0 Å². The Kier molecular flexibility index (Phi) is 5.04. The fourth-order valence-electron chi connectivity index (χ4n) is 3.97. The summed E-state index contributed by atoms with van der Waals surface area (Å²) in [5.74, 6) is 0.884. The molecule has 0 unspecified atom stereocenters. The molecule has 4 heterocycles. The van der Waals surface area contributed by atoms with Crippen LogP contribution in [0.15, 0.2) is 48.9 Å². The van der Waals surface area contributed by atoms with Gasteiger partial charge in [0.25, 0.3) is 0 Å². The van der Waals surface area contributed by atoms with Gasteiger partial charge in [0.2, 0.25) is 0 Å². The minimum absolute atomic E-state index is 0.713. The summed E-state index contributed by atoms with van der Waals surface area (Å²) in [6.45, 7) is 4.34. The molecular weight excluding hydrogens is 364 g/mol. The number of likely N-dealkylation sites (tertiary alicyclic amines) is 1. The van der Waals surface area contributed by atoms with E-state index in [2.05, 4.69) is 25.2 Å². The molecule has 148 valence electrons. The van der Waals surface area contributed by atoms with Gasteiger partial charge in [-0.1, -0.05) is 6.42 Å². The topological polar surface area (TPSA) is 68.4 Å². The smallest absolute Gasteiger partial charge is 0.186 e. The largest absolute Gasteiger partial charge is 0.494 e. The fourth-order valence-corrected chi connectivity index (χ4v) is 3.97. The number of pyridine rings is 1. The van der Waals surface area contributed by atoms with Gasteiger partial charge in [-0.25, -0.2) is 0 Å². The minimum atomic E-state index is 0.713. The second kappa shape index (κ2) is 8.13. The molecule has 0 N–H and O–H groups in total. The third-order valence-corrected chi connectivity index (χ3v) is 5.47. The van der Waals surface area contributed by atoms with Gasteiger partial charge in [-0.3, -0.25) is 4.98 Å². The van der Waals surface area contributed by atoms with Crippen LogP contribution < -0.4 is 4.74 Å². The molecule has 0 amide bonds. The predicted molar refractivity (Wildman–Crippen MR) is 112 cm³/mol. The molecule has 0 saturated carbocycles. The second-order valence-corrected chi connectivity index (χ2v) is 7.48. The Hall–Kier alpha value is -3.06. The van der Waals surface area contributed by atoms with Gasteiger partial charge in [0.05, 0.1) is 6.61 Å². The standard InChI is InChI=1S/C22H24N6O/c1-2-12-27(13-3-1)14-5-15-29-18-9-7-17(8-10-18)20-21-19(6-4-11-23-21)22-25-24-16-28(22)26-20/h4,6-11,16H,1-3,5,12-15H2. The van der Waals surface area contributed by atoms with Gasteiger partial charge in [-0.05, 0) is 68.8 Å². The van der Waals surface area contributed by atoms with Crippen LogP contribution in [0.25, 0.3) is 27.8 Å². The van der Waals surface area contributed by atoms with Crippen LogP contribution in [0.1, 0.15) is 25.7 Å². The number of hydrogen-bond acceptors (Lipinski definition) is 6. The summed E-state index contributed by atoms with van der Waals surface area (Å²) >= 11 is 0. The first-order valence-corrected chi connectivity index (χ1v) is 10.3. The highest BCUT2D eigenvalue weighted by molar-refractivity contribution is 5.98. The Balaban J connectivity index is 1.30. The SMILES string of the molecule is c1cnc2c(-c3ccc(OCCCN4CCCCC4)cc3)nn3cnnc3c2c1. The molecule has 1 aliphatic heterocycles. The van der Waals surface area contributed by atoms with Crippen LogP contribution in [0.5, 0.6) is 5.75 Å². The number of nitrogens with zero attached hydrogens (tertiary/aromatic N) is 6. The number of piperidine rings is 1. The van der Waals surface area contributed by atoms with Gasteiger partial charge < -0.3 is 9.64 Å². The highest BCUT2D eigenvalue weighted by Crippen LogP contribution is 2.28. The summed E-state index contributed by atoms with van der Waals surface area (Å²) in [5.41, 5.74) is 3.34. The summed E-state index contributed by atoms with van der Waals surface area (Å²) in [7, 11) is 0. The third-order valence-electron chi connectivity index (χ3n) is 5.47. The molecule has 1 fully saturated rings. The van der Waals surface area contributed by atoms with Gasteiger partial charge in [0.15, 0.2) is 5.65 Å². The monoisotopic (exact) mass is 388 g/mol. The maximum Gasteiger partial charge on any atom is 0.186 e. The number of benzene rings is 1. The zero-order valence-electron chi connectivity index (χ0n) is 16.4. The van der Waals surface area contributed by atoms with Gasteiger partial charge in [-0.2, -0.15) is 9.61 Å². The molecule has 1 aliphatic rings. The van der Waals surface area contributed by atoms with Crippen molar-refractivity contribution in [2.45, 2.75) is 25.7 Å². The van der Waals surface area contributed by atoms with Crippen molar-refractivity contribution in [2.75, 3.05) is 26.2 Å². The summed E-state index contributed by atoms with van der Waals surface area (Å²) < 4.78 is 7.64. The predicted octanol–water partition coefficient (Wildman–Crippen LogP) is 3.59. The first-order valence-electron chi connectivity index (χ1n) is 10.3. The molecule has 4 aromatic rings. The molecule has 5 rings (SSSR count). The van der Waals surface area contributed by atoms with Gasteiger partial charge in [0.1, 0.15) is 23.3 Å². The van der Waals surface area contributed by atoms with E-state index in [4.69, 9.17) is 4.74 Å². The van der Waals surface area contributed by atoms with Gasteiger partial charge >= 0.3 is 0 Å². The molecule has 1 saturated heterocycles. The van der Waals surface area contributed by atoms with Gasteiger partial charge in [0, 0.05) is 23.7 Å². The molecular formula is C22H24N6O. The molecule has 7 heteroatoms. The van der Waals surface area contributed by atoms with E-state index >= 15 is 0 Å².